The Morgan fingerprint density at radius 1 is 1.00 bits per heavy atom. The number of aliphatic hydroxyl groups is 1. The van der Waals surface area contributed by atoms with Crippen LogP contribution in [0.1, 0.15) is 17.0 Å². The third kappa shape index (κ3) is 7.83. The summed E-state index contributed by atoms with van der Waals surface area (Å²) < 4.78 is 81.9. The van der Waals surface area contributed by atoms with E-state index in [9.17, 15) is 35.9 Å². The number of hydrogen-bond donors (Lipinski definition) is 2. The number of rotatable bonds is 11. The predicted molar refractivity (Wildman–Crippen MR) is 158 cm³/mol. The number of sulfone groups is 1. The summed E-state index contributed by atoms with van der Waals surface area (Å²) in [7, 11) is -3.71. The SMILES string of the molecule is CS(=O)(=O)c1ccc(Nc2nc3ccc(-c4ccc(CC(=O)C(CO)c5ccc(F)cc5)cc4)cn3n2)c(OCC(F)(F)F)c1. The molecule has 9 nitrogen and oxygen atoms in total. The molecule has 5 aromatic rings. The molecule has 234 valence electrons. The highest BCUT2D eigenvalue weighted by Crippen LogP contribution is 2.32. The monoisotopic (exact) mass is 642 g/mol. The van der Waals surface area contributed by atoms with Gasteiger partial charge in [0.1, 0.15) is 17.3 Å². The number of carbonyl (C=O) groups excluding carboxylic acids is 1. The lowest BCUT2D eigenvalue weighted by atomic mass is 9.91. The van der Waals surface area contributed by atoms with Gasteiger partial charge in [0.05, 0.1) is 23.1 Å². The lowest BCUT2D eigenvalue weighted by molar-refractivity contribution is -0.153. The lowest BCUT2D eigenvalue weighted by Crippen LogP contribution is -2.19. The summed E-state index contributed by atoms with van der Waals surface area (Å²) in [6, 6.07) is 19.6. The average molecular weight is 643 g/mol. The van der Waals surface area contributed by atoms with Crippen molar-refractivity contribution < 1.29 is 40.6 Å². The van der Waals surface area contributed by atoms with Crippen LogP contribution in [0.5, 0.6) is 5.75 Å². The van der Waals surface area contributed by atoms with Gasteiger partial charge < -0.3 is 15.2 Å². The zero-order valence-electron chi connectivity index (χ0n) is 23.6. The van der Waals surface area contributed by atoms with E-state index in [4.69, 9.17) is 4.74 Å². The van der Waals surface area contributed by atoms with Gasteiger partial charge in [-0.05, 0) is 53.1 Å². The molecule has 14 heteroatoms. The lowest BCUT2D eigenvalue weighted by Gasteiger charge is -2.14. The minimum Gasteiger partial charge on any atom is -0.482 e. The van der Waals surface area contributed by atoms with E-state index in [2.05, 4.69) is 15.4 Å². The van der Waals surface area contributed by atoms with Crippen molar-refractivity contribution in [2.24, 2.45) is 0 Å². The fraction of sp³-hybridized carbons (Fsp3) is 0.194. The molecule has 2 heterocycles. The smallest absolute Gasteiger partial charge is 0.422 e. The van der Waals surface area contributed by atoms with Gasteiger partial charge in [0.2, 0.25) is 5.95 Å². The van der Waals surface area contributed by atoms with Crippen molar-refractivity contribution in [1.29, 1.82) is 0 Å². The largest absolute Gasteiger partial charge is 0.482 e. The van der Waals surface area contributed by atoms with Gasteiger partial charge >= 0.3 is 6.18 Å². The normalized spacial score (nSPS) is 12.7. The Morgan fingerprint density at radius 2 is 1.69 bits per heavy atom. The molecule has 2 aromatic heterocycles. The zero-order valence-corrected chi connectivity index (χ0v) is 24.4. The fourth-order valence-corrected chi connectivity index (χ4v) is 5.21. The van der Waals surface area contributed by atoms with Crippen molar-refractivity contribution in [2.75, 3.05) is 24.8 Å². The van der Waals surface area contributed by atoms with Gasteiger partial charge in [0, 0.05) is 30.5 Å². The highest BCUT2D eigenvalue weighted by molar-refractivity contribution is 7.90. The number of ether oxygens (including phenoxy) is 1. The Balaban J connectivity index is 1.32. The quantitative estimate of drug-likeness (QED) is 0.181. The first kappa shape index (κ1) is 31.6. The number of carbonyl (C=O) groups is 1. The van der Waals surface area contributed by atoms with Crippen LogP contribution < -0.4 is 10.1 Å². The van der Waals surface area contributed by atoms with Crippen LogP contribution in [0.4, 0.5) is 29.2 Å². The molecule has 0 aliphatic heterocycles. The van der Waals surface area contributed by atoms with Crippen molar-refractivity contribution in [1.82, 2.24) is 14.6 Å². The van der Waals surface area contributed by atoms with E-state index in [1.54, 1.807) is 30.5 Å². The van der Waals surface area contributed by atoms with E-state index in [1.807, 2.05) is 12.1 Å². The molecule has 0 radical (unpaired) electrons. The Kier molecular flexibility index (Phi) is 8.89. The zero-order chi connectivity index (χ0) is 32.4. The van der Waals surface area contributed by atoms with Gasteiger partial charge in [-0.2, -0.15) is 18.2 Å². The number of benzene rings is 3. The first-order valence-electron chi connectivity index (χ1n) is 13.4. The van der Waals surface area contributed by atoms with E-state index < -0.39 is 41.0 Å². The molecule has 45 heavy (non-hydrogen) atoms. The molecule has 0 amide bonds. The third-order valence-electron chi connectivity index (χ3n) is 6.86. The highest BCUT2D eigenvalue weighted by atomic mass is 32.2. The minimum absolute atomic E-state index is 0.0320. The van der Waals surface area contributed by atoms with Crippen molar-refractivity contribution >= 4 is 32.9 Å². The van der Waals surface area contributed by atoms with Crippen LogP contribution >= 0.6 is 0 Å². The second kappa shape index (κ2) is 12.7. The fourth-order valence-electron chi connectivity index (χ4n) is 4.57. The number of aromatic nitrogens is 3. The van der Waals surface area contributed by atoms with Gasteiger partial charge in [0.15, 0.2) is 22.1 Å². The average Bonchev–Trinajstić information content (AvgIpc) is 3.39. The third-order valence-corrected chi connectivity index (χ3v) is 7.97. The molecule has 2 N–H and O–H groups in total. The molecule has 1 unspecified atom stereocenters. The number of alkyl halides is 3. The number of fused-ring (bicyclic) bond motifs is 1. The number of hydrogen-bond acceptors (Lipinski definition) is 8. The van der Waals surface area contributed by atoms with Crippen molar-refractivity contribution in [3.63, 3.8) is 0 Å². The number of nitrogens with zero attached hydrogens (tertiary/aromatic N) is 3. The summed E-state index contributed by atoms with van der Waals surface area (Å²) in [5.74, 6) is -1.72. The highest BCUT2D eigenvalue weighted by Gasteiger charge is 2.29. The number of anilines is 2. The number of ketones is 1. The van der Waals surface area contributed by atoms with E-state index in [0.29, 0.717) is 11.2 Å². The Bertz CT molecular complexity index is 1940. The van der Waals surface area contributed by atoms with Crippen molar-refractivity contribution in [3.8, 4) is 16.9 Å². The summed E-state index contributed by atoms with van der Waals surface area (Å²) in [5, 5.41) is 16.9. The van der Waals surface area contributed by atoms with Crippen LogP contribution in [0, 0.1) is 5.82 Å². The molecule has 0 aliphatic carbocycles. The summed E-state index contributed by atoms with van der Waals surface area (Å²) in [4.78, 5) is 17.0. The molecular formula is C31H26F4N4O5S. The maximum atomic E-state index is 13.3. The van der Waals surface area contributed by atoms with Crippen LogP contribution in [-0.4, -0.2) is 59.6 Å². The maximum absolute atomic E-state index is 13.3. The van der Waals surface area contributed by atoms with Crippen LogP contribution in [0.3, 0.4) is 0 Å². The molecule has 0 spiro atoms. The Labute approximate surface area is 255 Å². The minimum atomic E-state index is -4.64. The van der Waals surface area contributed by atoms with Crippen LogP contribution in [0.25, 0.3) is 16.8 Å². The Hall–Kier alpha value is -4.82. The first-order chi connectivity index (χ1) is 21.3. The van der Waals surface area contributed by atoms with Gasteiger partial charge in [-0.1, -0.05) is 36.4 Å². The number of Topliss-reactive ketones (excluding diaryl/α,β-unsaturated/α-hetero) is 1. The molecule has 5 rings (SSSR count). The molecule has 1 atom stereocenters. The van der Waals surface area contributed by atoms with Crippen molar-refractivity contribution in [3.05, 3.63) is 102 Å². The van der Waals surface area contributed by atoms with Crippen molar-refractivity contribution in [2.45, 2.75) is 23.4 Å². The summed E-state index contributed by atoms with van der Waals surface area (Å²) >= 11 is 0. The predicted octanol–water partition coefficient (Wildman–Crippen LogP) is 5.51. The molecule has 0 bridgehead atoms. The number of nitrogens with one attached hydrogen (secondary N) is 1. The van der Waals surface area contributed by atoms with E-state index in [-0.39, 0.29) is 34.5 Å². The molecule has 3 aromatic carbocycles. The first-order valence-corrected chi connectivity index (χ1v) is 15.3. The molecule has 0 aliphatic rings. The van der Waals surface area contributed by atoms with Crippen LogP contribution in [0.2, 0.25) is 0 Å². The summed E-state index contributed by atoms with van der Waals surface area (Å²) in [6.07, 6.45) is -1.95. The van der Waals surface area contributed by atoms with Gasteiger partial charge in [0.25, 0.3) is 0 Å². The topological polar surface area (TPSA) is 123 Å². The summed E-state index contributed by atoms with van der Waals surface area (Å²) in [6.45, 7) is -2.02. The molecular weight excluding hydrogens is 616 g/mol. The van der Waals surface area contributed by atoms with Gasteiger partial charge in [-0.15, -0.1) is 5.10 Å². The number of halogens is 4. The van der Waals surface area contributed by atoms with Crippen LogP contribution in [-0.2, 0) is 21.1 Å². The van der Waals surface area contributed by atoms with Crippen LogP contribution in [0.15, 0.2) is 90.0 Å². The summed E-state index contributed by atoms with van der Waals surface area (Å²) in [5.41, 5.74) is 3.27. The Morgan fingerprint density at radius 3 is 2.33 bits per heavy atom. The second-order valence-electron chi connectivity index (χ2n) is 10.2. The van der Waals surface area contributed by atoms with E-state index in [0.717, 1.165) is 29.0 Å². The standard InChI is InChI=1S/C31H26F4N4O5S/c1-45(42,43)24-11-12-26(28(15-24)44-18-31(33,34)35)36-30-37-29-13-8-22(16-39(29)38-30)20-4-2-19(3-5-20)14-27(41)25(17-40)21-6-9-23(32)10-7-21/h2-13,15-16,25,40H,14,17-18H2,1H3,(H,36,38). The molecule has 0 saturated carbocycles. The van der Waals surface area contributed by atoms with Gasteiger partial charge in [-0.3, -0.25) is 4.79 Å². The second-order valence-corrected chi connectivity index (χ2v) is 12.3. The van der Waals surface area contributed by atoms with E-state index >= 15 is 0 Å². The van der Waals surface area contributed by atoms with Gasteiger partial charge in [-0.25, -0.2) is 17.3 Å². The number of pyridine rings is 1. The molecule has 0 fully saturated rings. The maximum Gasteiger partial charge on any atom is 0.422 e. The molecule has 0 saturated heterocycles. The number of aliphatic hydroxyl groups excluding tert-OH is 1. The van der Waals surface area contributed by atoms with E-state index in [1.165, 1.54) is 40.9 Å².